The summed E-state index contributed by atoms with van der Waals surface area (Å²) in [6.45, 7) is 0. The summed E-state index contributed by atoms with van der Waals surface area (Å²) in [6.07, 6.45) is 4.84. The zero-order valence-corrected chi connectivity index (χ0v) is 12.9. The number of benzene rings is 2. The maximum Gasteiger partial charge on any atom is 0.225 e. The zero-order valence-electron chi connectivity index (χ0n) is 12.9. The van der Waals surface area contributed by atoms with E-state index in [1.807, 2.05) is 30.3 Å². The minimum Gasteiger partial charge on any atom is -0.345 e. The third kappa shape index (κ3) is 4.01. The number of aromatic nitrogens is 2. The average Bonchev–Trinajstić information content (AvgIpc) is 2.62. The van der Waals surface area contributed by atoms with E-state index in [0.29, 0.717) is 0 Å². The average molecular weight is 321 g/mol. The van der Waals surface area contributed by atoms with Gasteiger partial charge in [0.15, 0.2) is 0 Å². The van der Waals surface area contributed by atoms with Crippen LogP contribution in [0.25, 0.3) is 0 Å². The van der Waals surface area contributed by atoms with Crippen LogP contribution in [0.15, 0.2) is 73.3 Å². The Labute approximate surface area is 139 Å². The lowest BCUT2D eigenvalue weighted by Gasteiger charge is -2.20. The number of carbonyl (C=O) groups is 1. The molecule has 0 saturated carbocycles. The van der Waals surface area contributed by atoms with Gasteiger partial charge in [-0.3, -0.25) is 4.79 Å². The molecule has 2 aromatic carbocycles. The maximum atomic E-state index is 13.2. The minimum absolute atomic E-state index is 0.150. The first kappa shape index (κ1) is 15.8. The largest absolute Gasteiger partial charge is 0.345 e. The van der Waals surface area contributed by atoms with Crippen molar-refractivity contribution in [3.8, 4) is 0 Å². The molecule has 0 aliphatic heterocycles. The second-order valence-electron chi connectivity index (χ2n) is 5.39. The lowest BCUT2D eigenvalue weighted by molar-refractivity contribution is -0.120. The number of halogens is 1. The molecule has 3 aromatic rings. The van der Waals surface area contributed by atoms with Crippen LogP contribution in [-0.2, 0) is 11.2 Å². The zero-order chi connectivity index (χ0) is 16.8. The monoisotopic (exact) mass is 321 g/mol. The molecular weight excluding hydrogens is 305 g/mol. The number of hydrogen-bond acceptors (Lipinski definition) is 3. The summed E-state index contributed by atoms with van der Waals surface area (Å²) in [5, 5.41) is 3.00. The molecule has 0 fully saturated rings. The second kappa shape index (κ2) is 7.46. The van der Waals surface area contributed by atoms with E-state index in [1.54, 1.807) is 24.5 Å². The Morgan fingerprint density at radius 3 is 2.25 bits per heavy atom. The number of hydrogen-bond donors (Lipinski definition) is 1. The van der Waals surface area contributed by atoms with Crippen molar-refractivity contribution in [1.82, 2.24) is 15.3 Å². The Morgan fingerprint density at radius 2 is 1.58 bits per heavy atom. The van der Waals surface area contributed by atoms with Gasteiger partial charge < -0.3 is 5.32 Å². The molecule has 0 aliphatic carbocycles. The van der Waals surface area contributed by atoms with E-state index in [4.69, 9.17) is 0 Å². The second-order valence-corrected chi connectivity index (χ2v) is 5.39. The molecule has 120 valence electrons. The van der Waals surface area contributed by atoms with Crippen LogP contribution < -0.4 is 5.32 Å². The fraction of sp³-hybridized carbons (Fsp3) is 0.105. The molecular formula is C19H16FN3O. The highest BCUT2D eigenvalue weighted by Gasteiger charge is 2.17. The third-order valence-electron chi connectivity index (χ3n) is 3.62. The van der Waals surface area contributed by atoms with E-state index in [0.717, 1.165) is 16.7 Å². The van der Waals surface area contributed by atoms with Gasteiger partial charge in [0, 0.05) is 12.4 Å². The van der Waals surface area contributed by atoms with Crippen LogP contribution >= 0.6 is 0 Å². The van der Waals surface area contributed by atoms with E-state index in [-0.39, 0.29) is 24.2 Å². The molecule has 0 unspecified atom stereocenters. The molecule has 0 bridgehead atoms. The van der Waals surface area contributed by atoms with Crippen molar-refractivity contribution in [2.75, 3.05) is 0 Å². The van der Waals surface area contributed by atoms with Gasteiger partial charge in [-0.05, 0) is 28.8 Å². The first-order valence-corrected chi connectivity index (χ1v) is 7.56. The molecule has 0 aliphatic rings. The fourth-order valence-corrected chi connectivity index (χ4v) is 2.48. The van der Waals surface area contributed by atoms with Crippen molar-refractivity contribution >= 4 is 5.91 Å². The molecule has 1 amide bonds. The Hall–Kier alpha value is -3.08. The van der Waals surface area contributed by atoms with Gasteiger partial charge in [-0.25, -0.2) is 14.4 Å². The summed E-state index contributed by atoms with van der Waals surface area (Å²) < 4.78 is 13.2. The first-order valence-electron chi connectivity index (χ1n) is 7.56. The van der Waals surface area contributed by atoms with E-state index >= 15 is 0 Å². The summed E-state index contributed by atoms with van der Waals surface area (Å²) >= 11 is 0. The highest BCUT2D eigenvalue weighted by atomic mass is 19.1. The highest BCUT2D eigenvalue weighted by Crippen LogP contribution is 2.22. The summed E-state index contributed by atoms with van der Waals surface area (Å²) in [5.41, 5.74) is 2.49. The topological polar surface area (TPSA) is 54.9 Å². The predicted octanol–water partition coefficient (Wildman–Crippen LogP) is 3.06. The van der Waals surface area contributed by atoms with Gasteiger partial charge in [-0.2, -0.15) is 0 Å². The van der Waals surface area contributed by atoms with Crippen molar-refractivity contribution in [2.24, 2.45) is 0 Å². The third-order valence-corrected chi connectivity index (χ3v) is 3.62. The van der Waals surface area contributed by atoms with E-state index < -0.39 is 0 Å². The summed E-state index contributed by atoms with van der Waals surface area (Å²) in [5.74, 6) is -0.457. The summed E-state index contributed by atoms with van der Waals surface area (Å²) in [4.78, 5) is 20.2. The molecule has 1 N–H and O–H groups in total. The normalized spacial score (nSPS) is 11.7. The minimum atomic E-state index is -0.344. The van der Waals surface area contributed by atoms with Crippen molar-refractivity contribution in [3.63, 3.8) is 0 Å². The van der Waals surface area contributed by atoms with E-state index in [9.17, 15) is 9.18 Å². The SMILES string of the molecule is O=C(Cc1cncnc1)N[C@H](c1ccccc1)c1ccc(F)cc1. The van der Waals surface area contributed by atoms with Gasteiger partial charge in [0.2, 0.25) is 5.91 Å². The van der Waals surface area contributed by atoms with Gasteiger partial charge in [0.05, 0.1) is 12.5 Å². The van der Waals surface area contributed by atoms with Gasteiger partial charge in [0.1, 0.15) is 12.1 Å². The maximum absolute atomic E-state index is 13.2. The van der Waals surface area contributed by atoms with Crippen LogP contribution in [0.1, 0.15) is 22.7 Å². The molecule has 1 atom stereocenters. The van der Waals surface area contributed by atoms with Crippen molar-refractivity contribution < 1.29 is 9.18 Å². The molecule has 5 heteroatoms. The summed E-state index contributed by atoms with van der Waals surface area (Å²) in [7, 11) is 0. The van der Waals surface area contributed by atoms with Crippen LogP contribution in [0.4, 0.5) is 4.39 Å². The molecule has 24 heavy (non-hydrogen) atoms. The smallest absolute Gasteiger partial charge is 0.225 e. The lowest BCUT2D eigenvalue weighted by Crippen LogP contribution is -2.30. The highest BCUT2D eigenvalue weighted by molar-refractivity contribution is 5.79. The van der Waals surface area contributed by atoms with Crippen molar-refractivity contribution in [3.05, 3.63) is 95.8 Å². The van der Waals surface area contributed by atoms with Crippen LogP contribution in [0.5, 0.6) is 0 Å². The van der Waals surface area contributed by atoms with Gasteiger partial charge in [-0.1, -0.05) is 42.5 Å². The lowest BCUT2D eigenvalue weighted by atomic mass is 9.98. The van der Waals surface area contributed by atoms with Crippen LogP contribution in [0.3, 0.4) is 0 Å². The predicted molar refractivity (Wildman–Crippen MR) is 88.6 cm³/mol. The Morgan fingerprint density at radius 1 is 0.958 bits per heavy atom. The molecule has 4 nitrogen and oxygen atoms in total. The number of nitrogens with zero attached hydrogens (tertiary/aromatic N) is 2. The Bertz CT molecular complexity index is 792. The first-order chi connectivity index (χ1) is 11.7. The van der Waals surface area contributed by atoms with Gasteiger partial charge in [0.25, 0.3) is 0 Å². The van der Waals surface area contributed by atoms with Gasteiger partial charge >= 0.3 is 0 Å². The number of rotatable bonds is 5. The van der Waals surface area contributed by atoms with Crippen LogP contribution in [0, 0.1) is 5.82 Å². The van der Waals surface area contributed by atoms with Crippen molar-refractivity contribution in [1.29, 1.82) is 0 Å². The standard InChI is InChI=1S/C19H16FN3O/c20-17-8-6-16(7-9-17)19(15-4-2-1-3-5-15)23-18(24)10-14-11-21-13-22-12-14/h1-9,11-13,19H,10H2,(H,23,24)/t19-/m1/s1. The number of amides is 1. The Balaban J connectivity index is 1.82. The molecule has 3 rings (SSSR count). The molecule has 1 heterocycles. The van der Waals surface area contributed by atoms with Crippen LogP contribution in [0.2, 0.25) is 0 Å². The fourth-order valence-electron chi connectivity index (χ4n) is 2.48. The molecule has 0 radical (unpaired) electrons. The van der Waals surface area contributed by atoms with Gasteiger partial charge in [-0.15, -0.1) is 0 Å². The van der Waals surface area contributed by atoms with E-state index in [1.165, 1.54) is 18.5 Å². The van der Waals surface area contributed by atoms with E-state index in [2.05, 4.69) is 15.3 Å². The number of nitrogens with one attached hydrogen (secondary N) is 1. The van der Waals surface area contributed by atoms with Crippen LogP contribution in [-0.4, -0.2) is 15.9 Å². The molecule has 1 aromatic heterocycles. The molecule has 0 spiro atoms. The van der Waals surface area contributed by atoms with Crippen molar-refractivity contribution in [2.45, 2.75) is 12.5 Å². The Kier molecular flexibility index (Phi) is 4.91. The quantitative estimate of drug-likeness (QED) is 0.786. The molecule has 0 saturated heterocycles. The summed E-state index contributed by atoms with van der Waals surface area (Å²) in [6, 6.07) is 15.4. The number of carbonyl (C=O) groups excluding carboxylic acids is 1.